The lowest BCUT2D eigenvalue weighted by atomic mass is 10.0. The molecule has 12 nitrogen and oxygen atoms in total. The van der Waals surface area contributed by atoms with E-state index in [9.17, 15) is 4.79 Å². The Morgan fingerprint density at radius 3 is 2.92 bits per heavy atom. The van der Waals surface area contributed by atoms with E-state index in [2.05, 4.69) is 25.3 Å². The number of aromatic amines is 1. The third-order valence-electron chi connectivity index (χ3n) is 6.42. The fourth-order valence-corrected chi connectivity index (χ4v) is 4.66. The molecule has 1 aromatic carbocycles. The van der Waals surface area contributed by atoms with Crippen LogP contribution in [-0.4, -0.2) is 91.6 Å². The number of H-pyrrole nitrogens is 1. The van der Waals surface area contributed by atoms with Gasteiger partial charge in [0.25, 0.3) is 0 Å². The fraction of sp³-hybridized carbons (Fsp3) is 0.458. The molecule has 12 heteroatoms. The van der Waals surface area contributed by atoms with Crippen LogP contribution in [0.1, 0.15) is 23.0 Å². The van der Waals surface area contributed by atoms with Crippen LogP contribution in [0, 0.1) is 6.92 Å². The van der Waals surface area contributed by atoms with Crippen LogP contribution < -0.4 is 5.73 Å². The van der Waals surface area contributed by atoms with Crippen LogP contribution in [0.5, 0.6) is 0 Å². The van der Waals surface area contributed by atoms with Gasteiger partial charge >= 0.3 is 0 Å². The highest BCUT2D eigenvalue weighted by Crippen LogP contribution is 2.30. The van der Waals surface area contributed by atoms with Gasteiger partial charge in [-0.15, -0.1) is 0 Å². The van der Waals surface area contributed by atoms with Crippen LogP contribution >= 0.6 is 0 Å². The minimum Gasteiger partial charge on any atom is -0.382 e. The quantitative estimate of drug-likeness (QED) is 0.357. The van der Waals surface area contributed by atoms with E-state index in [1.54, 1.807) is 25.4 Å². The maximum Gasteiger partial charge on any atom is 0.248 e. The zero-order valence-electron chi connectivity index (χ0n) is 20.8. The molecule has 0 radical (unpaired) electrons. The molecule has 1 amide bonds. The summed E-state index contributed by atoms with van der Waals surface area (Å²) >= 11 is 0. The first-order valence-corrected chi connectivity index (χ1v) is 12.1. The molecule has 0 bridgehead atoms. The summed E-state index contributed by atoms with van der Waals surface area (Å²) < 4.78 is 14.8. The Labute approximate surface area is 208 Å². The summed E-state index contributed by atoms with van der Waals surface area (Å²) in [7, 11) is 1.68. The van der Waals surface area contributed by atoms with Gasteiger partial charge in [0.2, 0.25) is 5.91 Å². The highest BCUT2D eigenvalue weighted by Gasteiger charge is 2.22. The van der Waals surface area contributed by atoms with Crippen molar-refractivity contribution < 1.29 is 14.3 Å². The Morgan fingerprint density at radius 2 is 2.14 bits per heavy atom. The topological polar surface area (TPSA) is 142 Å². The number of carbonyl (C=O) groups is 1. The Morgan fingerprint density at radius 1 is 1.28 bits per heavy atom. The van der Waals surface area contributed by atoms with Gasteiger partial charge in [-0.3, -0.25) is 24.2 Å². The Kier molecular flexibility index (Phi) is 6.81. The van der Waals surface area contributed by atoms with Crippen molar-refractivity contribution in [2.45, 2.75) is 33.0 Å². The molecule has 3 aromatic heterocycles. The number of hydrogen-bond acceptors (Lipinski definition) is 8. The summed E-state index contributed by atoms with van der Waals surface area (Å²) in [6, 6.07) is 5.47. The number of methoxy groups -OCH3 is 1. The number of aryl methyl sites for hydroxylation is 2. The molecule has 1 aliphatic heterocycles. The van der Waals surface area contributed by atoms with E-state index in [-0.39, 0.29) is 6.10 Å². The van der Waals surface area contributed by atoms with Gasteiger partial charge in [0.15, 0.2) is 11.6 Å². The van der Waals surface area contributed by atoms with Crippen LogP contribution in [0.3, 0.4) is 0 Å². The summed E-state index contributed by atoms with van der Waals surface area (Å²) in [5, 5.41) is 17.4. The molecule has 0 unspecified atom stereocenters. The molecular formula is C24H31N9O3. The monoisotopic (exact) mass is 493 g/mol. The zero-order valence-corrected chi connectivity index (χ0v) is 20.8. The van der Waals surface area contributed by atoms with Crippen molar-refractivity contribution in [3.8, 4) is 22.9 Å². The Hall–Kier alpha value is -3.61. The fourth-order valence-electron chi connectivity index (χ4n) is 4.66. The predicted octanol–water partition coefficient (Wildman–Crippen LogP) is 1.46. The van der Waals surface area contributed by atoms with Gasteiger partial charge in [0, 0.05) is 49.8 Å². The summed E-state index contributed by atoms with van der Waals surface area (Å²) in [5.41, 5.74) is 9.33. The van der Waals surface area contributed by atoms with Gasteiger partial charge in [-0.25, -0.2) is 4.98 Å². The van der Waals surface area contributed by atoms with Crippen LogP contribution in [-0.2, 0) is 22.6 Å². The van der Waals surface area contributed by atoms with Gasteiger partial charge in [-0.1, -0.05) is 0 Å². The van der Waals surface area contributed by atoms with Crippen LogP contribution in [0.4, 0.5) is 0 Å². The number of fused-ring (bicyclic) bond motifs is 1. The molecular weight excluding hydrogens is 462 g/mol. The molecule has 1 aliphatic rings. The van der Waals surface area contributed by atoms with Gasteiger partial charge < -0.3 is 15.2 Å². The van der Waals surface area contributed by atoms with Crippen molar-refractivity contribution in [1.29, 1.82) is 0 Å². The number of nitrogens with zero attached hydrogens (tertiary/aromatic N) is 7. The predicted molar refractivity (Wildman–Crippen MR) is 133 cm³/mol. The Balaban J connectivity index is 1.45. The number of hydrogen-bond donors (Lipinski definition) is 2. The molecule has 0 aliphatic carbocycles. The average Bonchev–Trinajstić information content (AvgIpc) is 3.60. The molecule has 5 rings (SSSR count). The summed E-state index contributed by atoms with van der Waals surface area (Å²) in [4.78, 5) is 19.2. The highest BCUT2D eigenvalue weighted by molar-refractivity contribution is 6.02. The van der Waals surface area contributed by atoms with Crippen molar-refractivity contribution >= 4 is 16.8 Å². The smallest absolute Gasteiger partial charge is 0.248 e. The zero-order chi connectivity index (χ0) is 25.2. The minimum absolute atomic E-state index is 0.0691. The SMILES string of the molecule is CCn1nc(C)cc1-c1n[nH]c(-c2cc(C(N)=O)cc3c2cnn3CCN2CCO[C@@H](COC)C2)n1. The van der Waals surface area contributed by atoms with Crippen molar-refractivity contribution in [3.63, 3.8) is 0 Å². The normalized spacial score (nSPS) is 16.7. The third-order valence-corrected chi connectivity index (χ3v) is 6.42. The molecule has 0 saturated carbocycles. The second-order valence-electron chi connectivity index (χ2n) is 8.93. The number of carbonyl (C=O) groups excluding carboxylic acids is 1. The van der Waals surface area contributed by atoms with E-state index < -0.39 is 5.91 Å². The molecule has 190 valence electrons. The van der Waals surface area contributed by atoms with E-state index in [0.29, 0.717) is 43.5 Å². The van der Waals surface area contributed by atoms with Crippen molar-refractivity contribution in [1.82, 2.24) is 39.6 Å². The molecule has 4 heterocycles. The lowest BCUT2D eigenvalue weighted by Gasteiger charge is -2.32. The number of nitrogens with two attached hydrogens (primary N) is 1. The van der Waals surface area contributed by atoms with E-state index >= 15 is 0 Å². The van der Waals surface area contributed by atoms with Crippen molar-refractivity contribution in [2.75, 3.05) is 40.0 Å². The van der Waals surface area contributed by atoms with Gasteiger partial charge in [0.1, 0.15) is 5.69 Å². The maximum atomic E-state index is 12.2. The van der Waals surface area contributed by atoms with Crippen LogP contribution in [0.2, 0.25) is 0 Å². The van der Waals surface area contributed by atoms with Crippen molar-refractivity contribution in [3.05, 3.63) is 35.7 Å². The van der Waals surface area contributed by atoms with Crippen LogP contribution in [0.25, 0.3) is 33.8 Å². The second kappa shape index (κ2) is 10.2. The number of rotatable bonds is 9. The molecule has 1 saturated heterocycles. The van der Waals surface area contributed by atoms with Gasteiger partial charge in [-0.05, 0) is 32.0 Å². The Bertz CT molecular complexity index is 1370. The van der Waals surface area contributed by atoms with Gasteiger partial charge in [-0.2, -0.15) is 15.3 Å². The van der Waals surface area contributed by atoms with Crippen LogP contribution in [0.15, 0.2) is 24.4 Å². The summed E-state index contributed by atoms with van der Waals surface area (Å²) in [5.74, 6) is 0.561. The number of ether oxygens (including phenoxy) is 2. The summed E-state index contributed by atoms with van der Waals surface area (Å²) in [6.45, 7) is 9.02. The minimum atomic E-state index is -0.513. The molecule has 1 fully saturated rings. The lowest BCUT2D eigenvalue weighted by molar-refractivity contribution is -0.0615. The number of amides is 1. The van der Waals surface area contributed by atoms with Gasteiger partial charge in [0.05, 0.1) is 43.3 Å². The first kappa shape index (κ1) is 24.1. The number of benzene rings is 1. The first-order chi connectivity index (χ1) is 17.5. The second-order valence-corrected chi connectivity index (χ2v) is 8.93. The molecule has 0 spiro atoms. The van der Waals surface area contributed by atoms with E-state index in [4.69, 9.17) is 20.2 Å². The third kappa shape index (κ3) is 4.74. The summed E-state index contributed by atoms with van der Waals surface area (Å²) in [6.07, 6.45) is 1.87. The first-order valence-electron chi connectivity index (χ1n) is 12.1. The van der Waals surface area contributed by atoms with E-state index in [1.165, 1.54) is 0 Å². The number of morpholine rings is 1. The largest absolute Gasteiger partial charge is 0.382 e. The standard InChI is InChI=1S/C24H31N9O3/c1-4-32-21(9-15(2)30-32)24-27-23(28-29-24)18-10-16(22(25)34)11-20-19(18)12-26-33(20)6-5-31-7-8-36-17(13-31)14-35-3/h9-12,17H,4-8,13-14H2,1-3H3,(H2,25,34)(H,27,28,29)/t17-/m1/s1. The number of primary amides is 1. The molecule has 36 heavy (non-hydrogen) atoms. The van der Waals surface area contributed by atoms with E-state index in [0.717, 1.165) is 47.5 Å². The maximum absolute atomic E-state index is 12.2. The highest BCUT2D eigenvalue weighted by atomic mass is 16.5. The average molecular weight is 494 g/mol. The lowest BCUT2D eigenvalue weighted by Crippen LogP contribution is -2.45. The molecule has 3 N–H and O–H groups in total. The van der Waals surface area contributed by atoms with E-state index in [1.807, 2.05) is 29.3 Å². The molecule has 1 atom stereocenters. The van der Waals surface area contributed by atoms with Crippen molar-refractivity contribution in [2.24, 2.45) is 5.73 Å². The molecule has 4 aromatic rings. The number of nitrogens with one attached hydrogen (secondary N) is 1. The number of aromatic nitrogens is 7.